The molecule has 0 radical (unpaired) electrons. The second-order valence-corrected chi connectivity index (χ2v) is 6.23. The van der Waals surface area contributed by atoms with E-state index in [2.05, 4.69) is 5.32 Å². The van der Waals surface area contributed by atoms with Crippen LogP contribution in [0.5, 0.6) is 0 Å². The fourth-order valence-corrected chi connectivity index (χ4v) is 2.82. The summed E-state index contributed by atoms with van der Waals surface area (Å²) in [5, 5.41) is 12.3. The SMILES string of the molecule is CCCC(CC(=O)O)NC(=O)c1cc(Cl)cc(Cl)c1I. The molecular weight excluding hydrogens is 416 g/mol. The minimum absolute atomic E-state index is 0.107. The van der Waals surface area contributed by atoms with Gasteiger partial charge in [0, 0.05) is 14.6 Å². The highest BCUT2D eigenvalue weighted by molar-refractivity contribution is 14.1. The van der Waals surface area contributed by atoms with E-state index in [1.807, 2.05) is 29.5 Å². The molecule has 0 aliphatic heterocycles. The van der Waals surface area contributed by atoms with Gasteiger partial charge in [0.2, 0.25) is 0 Å². The van der Waals surface area contributed by atoms with E-state index in [4.69, 9.17) is 28.3 Å². The third-order valence-corrected chi connectivity index (χ3v) is 4.63. The zero-order chi connectivity index (χ0) is 15.3. The average molecular weight is 430 g/mol. The van der Waals surface area contributed by atoms with E-state index >= 15 is 0 Å². The predicted molar refractivity (Wildman–Crippen MR) is 87.6 cm³/mol. The van der Waals surface area contributed by atoms with Gasteiger partial charge >= 0.3 is 5.97 Å². The van der Waals surface area contributed by atoms with Gasteiger partial charge < -0.3 is 10.4 Å². The number of carboxylic acids is 1. The van der Waals surface area contributed by atoms with Gasteiger partial charge in [-0.3, -0.25) is 9.59 Å². The van der Waals surface area contributed by atoms with Gasteiger partial charge in [0.1, 0.15) is 0 Å². The Hall–Kier alpha value is -0.530. The minimum Gasteiger partial charge on any atom is -0.481 e. The highest BCUT2D eigenvalue weighted by Gasteiger charge is 2.19. The number of amides is 1. The fraction of sp³-hybridized carbons (Fsp3) is 0.385. The molecule has 1 amide bonds. The lowest BCUT2D eigenvalue weighted by Crippen LogP contribution is -2.36. The molecule has 0 saturated heterocycles. The van der Waals surface area contributed by atoms with Crippen molar-refractivity contribution in [1.82, 2.24) is 5.32 Å². The minimum atomic E-state index is -0.942. The molecule has 1 rings (SSSR count). The van der Waals surface area contributed by atoms with Crippen molar-refractivity contribution < 1.29 is 14.7 Å². The maximum Gasteiger partial charge on any atom is 0.305 e. The van der Waals surface area contributed by atoms with E-state index in [0.29, 0.717) is 25.6 Å². The van der Waals surface area contributed by atoms with Crippen LogP contribution in [0.1, 0.15) is 36.5 Å². The molecule has 1 unspecified atom stereocenters. The summed E-state index contributed by atoms with van der Waals surface area (Å²) in [7, 11) is 0. The number of halogens is 3. The number of hydrogen-bond donors (Lipinski definition) is 2. The van der Waals surface area contributed by atoms with E-state index in [1.165, 1.54) is 6.07 Å². The monoisotopic (exact) mass is 429 g/mol. The van der Waals surface area contributed by atoms with E-state index in [-0.39, 0.29) is 12.3 Å². The highest BCUT2D eigenvalue weighted by Crippen LogP contribution is 2.27. The van der Waals surface area contributed by atoms with Crippen LogP contribution >= 0.6 is 45.8 Å². The summed E-state index contributed by atoms with van der Waals surface area (Å²) in [5.41, 5.74) is 0.356. The van der Waals surface area contributed by atoms with Gasteiger partial charge in [-0.1, -0.05) is 36.5 Å². The molecule has 1 atom stereocenters. The molecule has 0 bridgehead atoms. The first-order valence-electron chi connectivity index (χ1n) is 6.02. The number of hydrogen-bond acceptors (Lipinski definition) is 2. The molecule has 0 heterocycles. The maximum atomic E-state index is 12.2. The number of carboxylic acid groups (broad SMARTS) is 1. The van der Waals surface area contributed by atoms with Gasteiger partial charge in [-0.05, 0) is 41.1 Å². The first-order valence-corrected chi connectivity index (χ1v) is 7.85. The van der Waals surface area contributed by atoms with Crippen LogP contribution in [-0.4, -0.2) is 23.0 Å². The van der Waals surface area contributed by atoms with Crippen LogP contribution in [0.25, 0.3) is 0 Å². The smallest absolute Gasteiger partial charge is 0.305 e. The lowest BCUT2D eigenvalue weighted by molar-refractivity contribution is -0.137. The van der Waals surface area contributed by atoms with Gasteiger partial charge in [-0.25, -0.2) is 0 Å². The molecule has 0 spiro atoms. The zero-order valence-electron chi connectivity index (χ0n) is 10.8. The van der Waals surface area contributed by atoms with Crippen LogP contribution in [0, 0.1) is 3.57 Å². The van der Waals surface area contributed by atoms with Crippen molar-refractivity contribution in [3.8, 4) is 0 Å². The van der Waals surface area contributed by atoms with Crippen molar-refractivity contribution in [1.29, 1.82) is 0 Å². The van der Waals surface area contributed by atoms with E-state index in [0.717, 1.165) is 6.42 Å². The van der Waals surface area contributed by atoms with Gasteiger partial charge in [0.05, 0.1) is 17.0 Å². The van der Waals surface area contributed by atoms with Crippen molar-refractivity contribution in [3.63, 3.8) is 0 Å². The van der Waals surface area contributed by atoms with E-state index in [1.54, 1.807) is 6.07 Å². The van der Waals surface area contributed by atoms with Gasteiger partial charge in [-0.2, -0.15) is 0 Å². The normalized spacial score (nSPS) is 12.0. The van der Waals surface area contributed by atoms with Crippen LogP contribution in [0.3, 0.4) is 0 Å². The van der Waals surface area contributed by atoms with Crippen molar-refractivity contribution in [2.45, 2.75) is 32.2 Å². The Kier molecular flexibility index (Phi) is 7.05. The van der Waals surface area contributed by atoms with Crippen LogP contribution in [0.4, 0.5) is 0 Å². The summed E-state index contributed by atoms with van der Waals surface area (Å²) in [6, 6.07) is 2.68. The number of carbonyl (C=O) groups excluding carboxylic acids is 1. The Labute approximate surface area is 141 Å². The fourth-order valence-electron chi connectivity index (χ4n) is 1.77. The Morgan fingerprint density at radius 2 is 2.05 bits per heavy atom. The van der Waals surface area contributed by atoms with Crippen LogP contribution in [0.2, 0.25) is 10.0 Å². The largest absolute Gasteiger partial charge is 0.481 e. The third kappa shape index (κ3) is 5.10. The molecule has 110 valence electrons. The molecule has 0 aliphatic carbocycles. The summed E-state index contributed by atoms with van der Waals surface area (Å²) < 4.78 is 0.594. The Morgan fingerprint density at radius 3 is 2.60 bits per heavy atom. The highest BCUT2D eigenvalue weighted by atomic mass is 127. The summed E-state index contributed by atoms with van der Waals surface area (Å²) in [4.78, 5) is 23.0. The standard InChI is InChI=1S/C13H14Cl2INO3/c1-2-3-8(6-11(18)19)17-13(20)9-4-7(14)5-10(15)12(9)16/h4-5,8H,2-3,6H2,1H3,(H,17,20)(H,18,19). The lowest BCUT2D eigenvalue weighted by Gasteiger charge is -2.17. The second kappa shape index (κ2) is 8.05. The number of benzene rings is 1. The molecule has 4 nitrogen and oxygen atoms in total. The topological polar surface area (TPSA) is 66.4 Å². The van der Waals surface area contributed by atoms with Crippen LogP contribution in [-0.2, 0) is 4.79 Å². The van der Waals surface area contributed by atoms with Crippen LogP contribution in [0.15, 0.2) is 12.1 Å². The number of rotatable bonds is 6. The summed E-state index contributed by atoms with van der Waals surface area (Å²) in [6.07, 6.45) is 1.28. The predicted octanol–water partition coefficient (Wildman–Crippen LogP) is 3.97. The molecule has 0 fully saturated rings. The quantitative estimate of drug-likeness (QED) is 0.531. The molecule has 2 N–H and O–H groups in total. The van der Waals surface area contributed by atoms with Gasteiger partial charge in [-0.15, -0.1) is 0 Å². The Balaban J connectivity index is 2.91. The third-order valence-electron chi connectivity index (χ3n) is 2.63. The van der Waals surface area contributed by atoms with Crippen molar-refractivity contribution >= 4 is 57.7 Å². The van der Waals surface area contributed by atoms with Gasteiger partial charge in [0.25, 0.3) is 5.91 Å². The van der Waals surface area contributed by atoms with Crippen molar-refractivity contribution in [2.75, 3.05) is 0 Å². The Morgan fingerprint density at radius 1 is 1.40 bits per heavy atom. The number of aliphatic carboxylic acids is 1. The molecule has 1 aromatic carbocycles. The van der Waals surface area contributed by atoms with Crippen molar-refractivity contribution in [3.05, 3.63) is 31.3 Å². The molecule has 20 heavy (non-hydrogen) atoms. The first-order chi connectivity index (χ1) is 9.35. The summed E-state index contributed by atoms with van der Waals surface area (Å²) in [6.45, 7) is 1.93. The van der Waals surface area contributed by atoms with Crippen molar-refractivity contribution in [2.24, 2.45) is 0 Å². The molecule has 7 heteroatoms. The molecule has 0 saturated carbocycles. The lowest BCUT2D eigenvalue weighted by atomic mass is 10.1. The summed E-state index contributed by atoms with van der Waals surface area (Å²) >= 11 is 13.8. The summed E-state index contributed by atoms with van der Waals surface area (Å²) in [5.74, 6) is -1.30. The molecule has 0 aromatic heterocycles. The number of nitrogens with one attached hydrogen (secondary N) is 1. The molecular formula is C13H14Cl2INO3. The van der Waals surface area contributed by atoms with Gasteiger partial charge in [0.15, 0.2) is 0 Å². The average Bonchev–Trinajstić information content (AvgIpc) is 2.33. The second-order valence-electron chi connectivity index (χ2n) is 4.31. The van der Waals surface area contributed by atoms with Crippen LogP contribution < -0.4 is 5.32 Å². The maximum absolute atomic E-state index is 12.2. The molecule has 1 aromatic rings. The molecule has 0 aliphatic rings. The van der Waals surface area contributed by atoms with E-state index < -0.39 is 12.0 Å². The zero-order valence-corrected chi connectivity index (χ0v) is 14.4. The Bertz CT molecular complexity index is 523. The number of carbonyl (C=O) groups is 2. The van der Waals surface area contributed by atoms with E-state index in [9.17, 15) is 9.59 Å². The first kappa shape index (κ1) is 17.5.